The van der Waals surface area contributed by atoms with Crippen LogP contribution in [-0.2, 0) is 6.42 Å². The van der Waals surface area contributed by atoms with Gasteiger partial charge in [0.15, 0.2) is 0 Å². The molecule has 0 radical (unpaired) electrons. The molecule has 0 spiro atoms. The van der Waals surface area contributed by atoms with E-state index >= 15 is 0 Å². The maximum Gasteiger partial charge on any atom is 0.339 e. The summed E-state index contributed by atoms with van der Waals surface area (Å²) >= 11 is 0. The van der Waals surface area contributed by atoms with Gasteiger partial charge in [-0.25, -0.2) is 4.79 Å². The van der Waals surface area contributed by atoms with E-state index in [1.54, 1.807) is 0 Å². The number of rotatable bonds is 3. The Bertz CT molecular complexity index is 278. The molecule has 0 saturated carbocycles. The summed E-state index contributed by atoms with van der Waals surface area (Å²) in [5.74, 6) is -0.483. The first-order chi connectivity index (χ1) is 5.61. The van der Waals surface area contributed by atoms with Gasteiger partial charge in [-0.3, -0.25) is 5.10 Å². The molecule has 12 heavy (non-hydrogen) atoms. The van der Waals surface area contributed by atoms with E-state index in [1.807, 2.05) is 13.8 Å². The minimum Gasteiger partial charge on any atom is -0.478 e. The minimum atomic E-state index is -0.917. The van der Waals surface area contributed by atoms with Gasteiger partial charge >= 0.3 is 5.97 Å². The average molecular weight is 168 g/mol. The number of hydrogen-bond acceptors (Lipinski definition) is 2. The molecule has 0 bridgehead atoms. The van der Waals surface area contributed by atoms with Gasteiger partial charge in [-0.15, -0.1) is 0 Å². The molecule has 1 aromatic heterocycles. The van der Waals surface area contributed by atoms with Crippen LogP contribution in [0.3, 0.4) is 0 Å². The number of H-pyrrole nitrogens is 1. The van der Waals surface area contributed by atoms with Crippen LogP contribution >= 0.6 is 0 Å². The lowest BCUT2D eigenvalue weighted by molar-refractivity contribution is 0.0695. The first-order valence-electron chi connectivity index (χ1n) is 3.86. The molecule has 0 aliphatic heterocycles. The van der Waals surface area contributed by atoms with E-state index in [0.717, 1.165) is 6.42 Å². The molecular weight excluding hydrogens is 156 g/mol. The molecule has 0 amide bonds. The Morgan fingerprint density at radius 2 is 2.42 bits per heavy atom. The largest absolute Gasteiger partial charge is 0.478 e. The summed E-state index contributed by atoms with van der Waals surface area (Å²) in [5.41, 5.74) is 0.987. The van der Waals surface area contributed by atoms with E-state index in [-0.39, 0.29) is 5.56 Å². The third kappa shape index (κ3) is 1.84. The fourth-order valence-electron chi connectivity index (χ4n) is 1.06. The third-order valence-corrected chi connectivity index (χ3v) is 1.56. The highest BCUT2D eigenvalue weighted by atomic mass is 16.4. The second kappa shape index (κ2) is 3.38. The van der Waals surface area contributed by atoms with Crippen LogP contribution in [0.4, 0.5) is 0 Å². The van der Waals surface area contributed by atoms with Crippen molar-refractivity contribution >= 4 is 5.97 Å². The standard InChI is InChI=1S/C8H12N2O2/c1-5(2)3-7-6(8(11)12)4-9-10-7/h4-5H,3H2,1-2H3,(H,9,10)(H,11,12). The van der Waals surface area contributed by atoms with Crippen molar-refractivity contribution in [2.24, 2.45) is 5.92 Å². The zero-order valence-electron chi connectivity index (χ0n) is 7.16. The number of carboxylic acids is 1. The van der Waals surface area contributed by atoms with Crippen LogP contribution in [0.15, 0.2) is 6.20 Å². The second-order valence-corrected chi connectivity index (χ2v) is 3.17. The lowest BCUT2D eigenvalue weighted by Gasteiger charge is -2.01. The van der Waals surface area contributed by atoms with Gasteiger partial charge in [0.05, 0.1) is 6.20 Å². The number of nitrogens with zero attached hydrogens (tertiary/aromatic N) is 1. The predicted octanol–water partition coefficient (Wildman–Crippen LogP) is 1.31. The molecule has 1 heterocycles. The Balaban J connectivity index is 2.84. The van der Waals surface area contributed by atoms with Crippen molar-refractivity contribution in [2.45, 2.75) is 20.3 Å². The van der Waals surface area contributed by atoms with Crippen molar-refractivity contribution in [1.29, 1.82) is 0 Å². The van der Waals surface area contributed by atoms with Crippen molar-refractivity contribution in [1.82, 2.24) is 10.2 Å². The molecule has 4 heteroatoms. The number of hydrogen-bond donors (Lipinski definition) is 2. The van der Waals surface area contributed by atoms with Crippen LogP contribution in [-0.4, -0.2) is 21.3 Å². The smallest absolute Gasteiger partial charge is 0.339 e. The molecule has 1 rings (SSSR count). The molecule has 2 N–H and O–H groups in total. The topological polar surface area (TPSA) is 66.0 Å². The van der Waals surface area contributed by atoms with Gasteiger partial charge in [-0.2, -0.15) is 5.10 Å². The highest BCUT2D eigenvalue weighted by Crippen LogP contribution is 2.09. The molecular formula is C8H12N2O2. The monoisotopic (exact) mass is 168 g/mol. The van der Waals surface area contributed by atoms with Crippen LogP contribution in [0.2, 0.25) is 0 Å². The lowest BCUT2D eigenvalue weighted by atomic mass is 10.1. The fourth-order valence-corrected chi connectivity index (χ4v) is 1.06. The van der Waals surface area contributed by atoms with Gasteiger partial charge in [0, 0.05) is 5.69 Å². The van der Waals surface area contributed by atoms with E-state index in [1.165, 1.54) is 6.20 Å². The molecule has 0 atom stereocenters. The van der Waals surface area contributed by atoms with Crippen LogP contribution < -0.4 is 0 Å². The van der Waals surface area contributed by atoms with Gasteiger partial charge in [0.2, 0.25) is 0 Å². The first-order valence-corrected chi connectivity index (χ1v) is 3.86. The number of aromatic amines is 1. The molecule has 0 aliphatic carbocycles. The molecule has 0 aromatic carbocycles. The molecule has 0 aliphatic rings. The zero-order chi connectivity index (χ0) is 9.14. The number of nitrogens with one attached hydrogen (secondary N) is 1. The van der Waals surface area contributed by atoms with Crippen molar-refractivity contribution in [3.8, 4) is 0 Å². The van der Waals surface area contributed by atoms with E-state index in [9.17, 15) is 4.79 Å². The Morgan fingerprint density at radius 1 is 1.75 bits per heavy atom. The molecule has 0 saturated heterocycles. The summed E-state index contributed by atoms with van der Waals surface area (Å²) < 4.78 is 0. The summed E-state index contributed by atoms with van der Waals surface area (Å²) in [6.45, 7) is 4.07. The Kier molecular flexibility index (Phi) is 2.47. The van der Waals surface area contributed by atoms with E-state index < -0.39 is 5.97 Å². The average Bonchev–Trinajstić information content (AvgIpc) is 2.33. The Morgan fingerprint density at radius 3 is 2.92 bits per heavy atom. The summed E-state index contributed by atoms with van der Waals surface area (Å²) in [6.07, 6.45) is 2.07. The van der Waals surface area contributed by atoms with Gasteiger partial charge < -0.3 is 5.11 Å². The van der Waals surface area contributed by atoms with Crippen LogP contribution in [0.5, 0.6) is 0 Å². The number of carbonyl (C=O) groups is 1. The minimum absolute atomic E-state index is 0.281. The number of carboxylic acid groups (broad SMARTS) is 1. The van der Waals surface area contributed by atoms with Gasteiger partial charge in [-0.05, 0) is 12.3 Å². The highest BCUT2D eigenvalue weighted by molar-refractivity contribution is 5.88. The van der Waals surface area contributed by atoms with Crippen molar-refractivity contribution < 1.29 is 9.90 Å². The van der Waals surface area contributed by atoms with Crippen LogP contribution in [0.1, 0.15) is 29.9 Å². The van der Waals surface area contributed by atoms with Gasteiger partial charge in [0.1, 0.15) is 5.56 Å². The predicted molar refractivity (Wildman–Crippen MR) is 44.1 cm³/mol. The highest BCUT2D eigenvalue weighted by Gasteiger charge is 2.12. The fraction of sp³-hybridized carbons (Fsp3) is 0.500. The van der Waals surface area contributed by atoms with E-state index in [2.05, 4.69) is 10.2 Å². The molecule has 4 nitrogen and oxygen atoms in total. The summed E-state index contributed by atoms with van der Waals surface area (Å²) in [4.78, 5) is 10.6. The SMILES string of the molecule is CC(C)Cc1[nH]ncc1C(=O)O. The second-order valence-electron chi connectivity index (χ2n) is 3.17. The summed E-state index contributed by atoms with van der Waals surface area (Å²) in [5, 5.41) is 15.1. The normalized spacial score (nSPS) is 10.6. The summed E-state index contributed by atoms with van der Waals surface area (Å²) in [7, 11) is 0. The lowest BCUT2D eigenvalue weighted by Crippen LogP contribution is -2.03. The maximum atomic E-state index is 10.6. The summed E-state index contributed by atoms with van der Waals surface area (Å²) in [6, 6.07) is 0. The first kappa shape index (κ1) is 8.77. The quantitative estimate of drug-likeness (QED) is 0.715. The van der Waals surface area contributed by atoms with E-state index in [4.69, 9.17) is 5.11 Å². The zero-order valence-corrected chi connectivity index (χ0v) is 7.16. The third-order valence-electron chi connectivity index (χ3n) is 1.56. The Labute approximate surface area is 70.6 Å². The molecule has 66 valence electrons. The van der Waals surface area contributed by atoms with Gasteiger partial charge in [-0.1, -0.05) is 13.8 Å². The molecule has 1 aromatic rings. The number of aromatic carboxylic acids is 1. The maximum absolute atomic E-state index is 10.6. The molecule has 0 fully saturated rings. The van der Waals surface area contributed by atoms with E-state index in [0.29, 0.717) is 11.6 Å². The van der Waals surface area contributed by atoms with Crippen molar-refractivity contribution in [3.63, 3.8) is 0 Å². The van der Waals surface area contributed by atoms with Crippen LogP contribution in [0.25, 0.3) is 0 Å². The van der Waals surface area contributed by atoms with Crippen molar-refractivity contribution in [2.75, 3.05) is 0 Å². The number of aromatic nitrogens is 2. The Hall–Kier alpha value is -1.32. The van der Waals surface area contributed by atoms with Crippen molar-refractivity contribution in [3.05, 3.63) is 17.5 Å². The van der Waals surface area contributed by atoms with Crippen LogP contribution in [0, 0.1) is 5.92 Å². The molecule has 0 unspecified atom stereocenters. The van der Waals surface area contributed by atoms with Gasteiger partial charge in [0.25, 0.3) is 0 Å².